The fourth-order valence-electron chi connectivity index (χ4n) is 1.81. The minimum Gasteiger partial charge on any atom is -0.395 e. The monoisotopic (exact) mass is 271 g/mol. The number of aliphatic hydroxyl groups is 2. The van der Waals surface area contributed by atoms with Crippen molar-refractivity contribution in [2.75, 3.05) is 39.5 Å². The number of nitrogens with zero attached hydrogens (tertiary/aromatic N) is 3. The van der Waals surface area contributed by atoms with Crippen molar-refractivity contribution in [3.8, 4) is 0 Å². The maximum Gasteiger partial charge on any atom is 0.0945 e. The Morgan fingerprint density at radius 3 is 2.79 bits per heavy atom. The minimum atomic E-state index is -0.123. The SMILES string of the molecule is CC(CO)OCCN(CCO)CCCn1ccnc1. The van der Waals surface area contributed by atoms with Crippen LogP contribution in [0.2, 0.25) is 0 Å². The van der Waals surface area contributed by atoms with Gasteiger partial charge in [-0.15, -0.1) is 0 Å². The van der Waals surface area contributed by atoms with Gasteiger partial charge >= 0.3 is 0 Å². The molecule has 1 unspecified atom stereocenters. The highest BCUT2D eigenvalue weighted by Crippen LogP contribution is 1.97. The number of aromatic nitrogens is 2. The molecule has 6 heteroatoms. The predicted octanol–water partition coefficient (Wildman–Crippen LogP) is -0.0351. The van der Waals surface area contributed by atoms with Crippen molar-refractivity contribution in [3.05, 3.63) is 18.7 Å². The second kappa shape index (κ2) is 9.91. The molecular formula is C13H25N3O3. The smallest absolute Gasteiger partial charge is 0.0945 e. The molecule has 0 saturated heterocycles. The van der Waals surface area contributed by atoms with Crippen LogP contribution in [0.25, 0.3) is 0 Å². The molecule has 1 rings (SSSR count). The van der Waals surface area contributed by atoms with Gasteiger partial charge in [0, 0.05) is 38.6 Å². The largest absolute Gasteiger partial charge is 0.395 e. The second-order valence-electron chi connectivity index (χ2n) is 4.58. The van der Waals surface area contributed by atoms with Crippen LogP contribution in [0.15, 0.2) is 18.7 Å². The first-order valence-corrected chi connectivity index (χ1v) is 6.77. The lowest BCUT2D eigenvalue weighted by molar-refractivity contribution is 0.0121. The molecule has 19 heavy (non-hydrogen) atoms. The van der Waals surface area contributed by atoms with E-state index in [2.05, 4.69) is 9.88 Å². The Bertz CT molecular complexity index is 306. The van der Waals surface area contributed by atoms with E-state index in [0.717, 1.165) is 26.1 Å². The van der Waals surface area contributed by atoms with Crippen molar-refractivity contribution >= 4 is 0 Å². The summed E-state index contributed by atoms with van der Waals surface area (Å²) in [4.78, 5) is 6.17. The lowest BCUT2D eigenvalue weighted by Gasteiger charge is -2.22. The highest BCUT2D eigenvalue weighted by molar-refractivity contribution is 4.74. The van der Waals surface area contributed by atoms with Crippen molar-refractivity contribution in [2.45, 2.75) is 26.0 Å². The zero-order valence-corrected chi connectivity index (χ0v) is 11.6. The van der Waals surface area contributed by atoms with Crippen molar-refractivity contribution < 1.29 is 14.9 Å². The van der Waals surface area contributed by atoms with E-state index in [0.29, 0.717) is 13.2 Å². The average molecular weight is 271 g/mol. The summed E-state index contributed by atoms with van der Waals surface area (Å²) < 4.78 is 7.47. The summed E-state index contributed by atoms with van der Waals surface area (Å²) in [6, 6.07) is 0. The van der Waals surface area contributed by atoms with E-state index >= 15 is 0 Å². The quantitative estimate of drug-likeness (QED) is 0.591. The number of hydrogen-bond donors (Lipinski definition) is 2. The van der Waals surface area contributed by atoms with Gasteiger partial charge in [0.2, 0.25) is 0 Å². The maximum absolute atomic E-state index is 9.04. The Balaban J connectivity index is 2.16. The number of ether oxygens (including phenoxy) is 1. The van der Waals surface area contributed by atoms with Crippen LogP contribution in [-0.4, -0.2) is 70.2 Å². The Labute approximate surface area is 114 Å². The van der Waals surface area contributed by atoms with Crippen molar-refractivity contribution in [1.82, 2.24) is 14.5 Å². The van der Waals surface area contributed by atoms with Gasteiger partial charge in [-0.3, -0.25) is 4.90 Å². The van der Waals surface area contributed by atoms with Crippen LogP contribution in [-0.2, 0) is 11.3 Å². The summed E-state index contributed by atoms with van der Waals surface area (Å²) >= 11 is 0. The van der Waals surface area contributed by atoms with Crippen LogP contribution >= 0.6 is 0 Å². The maximum atomic E-state index is 9.04. The molecule has 0 saturated carbocycles. The number of hydrogen-bond acceptors (Lipinski definition) is 5. The van der Waals surface area contributed by atoms with E-state index in [4.69, 9.17) is 14.9 Å². The molecule has 0 spiro atoms. The molecule has 0 aliphatic carbocycles. The molecule has 0 bridgehead atoms. The highest BCUT2D eigenvalue weighted by atomic mass is 16.5. The van der Waals surface area contributed by atoms with Crippen LogP contribution < -0.4 is 0 Å². The molecule has 110 valence electrons. The first-order valence-electron chi connectivity index (χ1n) is 6.77. The Morgan fingerprint density at radius 1 is 1.32 bits per heavy atom. The molecule has 0 radical (unpaired) electrons. The van der Waals surface area contributed by atoms with Crippen molar-refractivity contribution in [3.63, 3.8) is 0 Å². The fourth-order valence-corrected chi connectivity index (χ4v) is 1.81. The zero-order valence-electron chi connectivity index (χ0n) is 11.6. The topological polar surface area (TPSA) is 70.8 Å². The summed E-state index contributed by atoms with van der Waals surface area (Å²) in [7, 11) is 0. The van der Waals surface area contributed by atoms with Crippen LogP contribution in [0.5, 0.6) is 0 Å². The van der Waals surface area contributed by atoms with Gasteiger partial charge in [0.25, 0.3) is 0 Å². The number of aliphatic hydroxyl groups excluding tert-OH is 2. The molecule has 0 aromatic carbocycles. The molecule has 1 aromatic rings. The predicted molar refractivity (Wildman–Crippen MR) is 72.9 cm³/mol. The van der Waals surface area contributed by atoms with E-state index < -0.39 is 0 Å². The third kappa shape index (κ3) is 7.27. The first kappa shape index (κ1) is 16.1. The van der Waals surface area contributed by atoms with Crippen LogP contribution in [0, 0.1) is 0 Å². The summed E-state index contributed by atoms with van der Waals surface area (Å²) in [5.74, 6) is 0. The third-order valence-corrected chi connectivity index (χ3v) is 2.93. The van der Waals surface area contributed by atoms with E-state index in [9.17, 15) is 0 Å². The van der Waals surface area contributed by atoms with Gasteiger partial charge in [-0.05, 0) is 13.3 Å². The standard InChI is InChI=1S/C13H25N3O3/c1-13(11-18)19-10-8-15(7-9-17)4-2-5-16-6-3-14-12-16/h3,6,12-13,17-18H,2,4-5,7-11H2,1H3. The number of aryl methyl sites for hydroxylation is 1. The van der Waals surface area contributed by atoms with E-state index in [1.54, 1.807) is 6.20 Å². The zero-order chi connectivity index (χ0) is 13.9. The van der Waals surface area contributed by atoms with Crippen LogP contribution in [0.4, 0.5) is 0 Å². The fraction of sp³-hybridized carbons (Fsp3) is 0.769. The Morgan fingerprint density at radius 2 is 2.16 bits per heavy atom. The van der Waals surface area contributed by atoms with Crippen LogP contribution in [0.3, 0.4) is 0 Å². The van der Waals surface area contributed by atoms with Gasteiger partial charge in [0.15, 0.2) is 0 Å². The molecule has 0 amide bonds. The first-order chi connectivity index (χ1) is 9.26. The lowest BCUT2D eigenvalue weighted by Crippen LogP contribution is -2.33. The summed E-state index contributed by atoms with van der Waals surface area (Å²) in [6.45, 7) is 5.88. The molecule has 0 fully saturated rings. The molecule has 2 N–H and O–H groups in total. The molecular weight excluding hydrogens is 246 g/mol. The second-order valence-corrected chi connectivity index (χ2v) is 4.58. The number of imidazole rings is 1. The molecule has 0 aliphatic heterocycles. The molecule has 0 aliphatic rings. The van der Waals surface area contributed by atoms with E-state index in [-0.39, 0.29) is 19.3 Å². The highest BCUT2D eigenvalue weighted by Gasteiger charge is 2.06. The van der Waals surface area contributed by atoms with Crippen molar-refractivity contribution in [2.24, 2.45) is 0 Å². The normalized spacial score (nSPS) is 13.1. The van der Waals surface area contributed by atoms with Gasteiger partial charge in [-0.1, -0.05) is 0 Å². The van der Waals surface area contributed by atoms with Gasteiger partial charge < -0.3 is 19.5 Å². The lowest BCUT2D eigenvalue weighted by atomic mass is 10.3. The van der Waals surface area contributed by atoms with E-state index in [1.807, 2.05) is 24.0 Å². The van der Waals surface area contributed by atoms with Gasteiger partial charge in [0.05, 0.1) is 32.3 Å². The minimum absolute atomic E-state index is 0.0423. The van der Waals surface area contributed by atoms with E-state index in [1.165, 1.54) is 0 Å². The van der Waals surface area contributed by atoms with Crippen molar-refractivity contribution in [1.29, 1.82) is 0 Å². The van der Waals surface area contributed by atoms with Gasteiger partial charge in [-0.25, -0.2) is 4.98 Å². The Kier molecular flexibility index (Phi) is 8.40. The molecule has 1 aromatic heterocycles. The summed E-state index contributed by atoms with van der Waals surface area (Å²) in [5, 5.41) is 17.9. The molecule has 1 heterocycles. The average Bonchev–Trinajstić information content (AvgIpc) is 2.91. The molecule has 1 atom stereocenters. The Hall–Kier alpha value is -0.950. The molecule has 6 nitrogen and oxygen atoms in total. The van der Waals surface area contributed by atoms with Gasteiger partial charge in [0.1, 0.15) is 0 Å². The summed E-state index contributed by atoms with van der Waals surface area (Å²) in [5.41, 5.74) is 0. The third-order valence-electron chi connectivity index (χ3n) is 2.93. The summed E-state index contributed by atoms with van der Waals surface area (Å²) in [6.07, 6.45) is 6.41. The van der Waals surface area contributed by atoms with Gasteiger partial charge in [-0.2, -0.15) is 0 Å². The number of rotatable bonds is 11. The van der Waals surface area contributed by atoms with Crippen LogP contribution in [0.1, 0.15) is 13.3 Å².